The van der Waals surface area contributed by atoms with Crippen molar-refractivity contribution in [1.82, 2.24) is 5.32 Å². The van der Waals surface area contributed by atoms with Crippen molar-refractivity contribution in [2.45, 2.75) is 0 Å². The fourth-order valence-electron chi connectivity index (χ4n) is 1.06. The lowest BCUT2D eigenvalue weighted by atomic mass is 10.2. The first-order chi connectivity index (χ1) is 7.24. The fourth-order valence-corrected chi connectivity index (χ4v) is 1.06. The molecule has 0 spiro atoms. The summed E-state index contributed by atoms with van der Waals surface area (Å²) < 4.78 is 12.8. The molecule has 15 heavy (non-hydrogen) atoms. The van der Waals surface area contributed by atoms with Gasteiger partial charge in [0.25, 0.3) is 5.91 Å². The molecule has 80 valence electrons. The van der Waals surface area contributed by atoms with Crippen LogP contribution in [0.15, 0.2) is 36.4 Å². The van der Waals surface area contributed by atoms with Crippen LogP contribution in [0.3, 0.4) is 0 Å². The van der Waals surface area contributed by atoms with Gasteiger partial charge in [0.15, 0.2) is 0 Å². The van der Waals surface area contributed by atoms with Gasteiger partial charge in [0, 0.05) is 18.7 Å². The molecule has 0 aliphatic carbocycles. The maximum atomic E-state index is 12.8. The lowest BCUT2D eigenvalue weighted by Crippen LogP contribution is -2.23. The van der Waals surface area contributed by atoms with Gasteiger partial charge in [-0.3, -0.25) is 4.79 Å². The third kappa shape index (κ3) is 3.91. The molecule has 0 bridgehead atoms. The van der Waals surface area contributed by atoms with Crippen LogP contribution in [0.2, 0.25) is 0 Å². The van der Waals surface area contributed by atoms with E-state index in [4.69, 9.17) is 5.73 Å². The Morgan fingerprint density at radius 3 is 2.93 bits per heavy atom. The van der Waals surface area contributed by atoms with Crippen LogP contribution < -0.4 is 11.1 Å². The largest absolute Gasteiger partial charge is 0.349 e. The van der Waals surface area contributed by atoms with Gasteiger partial charge in [-0.2, -0.15) is 0 Å². The number of hydrogen-bond donors (Lipinski definition) is 2. The summed E-state index contributed by atoms with van der Waals surface area (Å²) in [5, 5.41) is 2.61. The molecule has 0 aliphatic rings. The van der Waals surface area contributed by atoms with Crippen LogP contribution in [-0.2, 0) is 0 Å². The SMILES string of the molecule is NC/C=C/CNC(=O)c1cccc(F)c1. The highest BCUT2D eigenvalue weighted by atomic mass is 19.1. The number of carbonyl (C=O) groups is 1. The Kier molecular flexibility index (Phi) is 4.50. The second kappa shape index (κ2) is 5.93. The highest BCUT2D eigenvalue weighted by Crippen LogP contribution is 2.02. The summed E-state index contributed by atoms with van der Waals surface area (Å²) in [7, 11) is 0. The molecule has 4 heteroatoms. The van der Waals surface area contributed by atoms with Crippen molar-refractivity contribution in [3.63, 3.8) is 0 Å². The lowest BCUT2D eigenvalue weighted by Gasteiger charge is -2.01. The lowest BCUT2D eigenvalue weighted by molar-refractivity contribution is 0.0957. The molecule has 0 radical (unpaired) electrons. The van der Waals surface area contributed by atoms with Gasteiger partial charge in [0.1, 0.15) is 5.82 Å². The van der Waals surface area contributed by atoms with Crippen molar-refractivity contribution in [2.24, 2.45) is 5.73 Å². The molecule has 1 aromatic carbocycles. The zero-order valence-corrected chi connectivity index (χ0v) is 8.24. The van der Waals surface area contributed by atoms with E-state index in [1.165, 1.54) is 18.2 Å². The van der Waals surface area contributed by atoms with E-state index in [-0.39, 0.29) is 5.91 Å². The van der Waals surface area contributed by atoms with Crippen LogP contribution in [0, 0.1) is 5.82 Å². The molecule has 0 aromatic heterocycles. The molecule has 3 nitrogen and oxygen atoms in total. The summed E-state index contributed by atoms with van der Waals surface area (Å²) in [6.07, 6.45) is 3.49. The molecule has 0 unspecified atom stereocenters. The van der Waals surface area contributed by atoms with Crippen LogP contribution in [0.4, 0.5) is 4.39 Å². The van der Waals surface area contributed by atoms with Gasteiger partial charge in [-0.15, -0.1) is 0 Å². The summed E-state index contributed by atoms with van der Waals surface area (Å²) in [4.78, 5) is 11.4. The second-order valence-corrected chi connectivity index (χ2v) is 2.93. The van der Waals surface area contributed by atoms with Crippen molar-refractivity contribution in [2.75, 3.05) is 13.1 Å². The quantitative estimate of drug-likeness (QED) is 0.727. The first-order valence-corrected chi connectivity index (χ1v) is 4.63. The average Bonchev–Trinajstić information content (AvgIpc) is 2.24. The van der Waals surface area contributed by atoms with E-state index in [2.05, 4.69) is 5.32 Å². The molecule has 1 rings (SSSR count). The molecule has 0 fully saturated rings. The number of rotatable bonds is 4. The summed E-state index contributed by atoms with van der Waals surface area (Å²) in [6.45, 7) is 0.836. The number of amides is 1. The van der Waals surface area contributed by atoms with E-state index < -0.39 is 5.82 Å². The predicted molar refractivity (Wildman–Crippen MR) is 56.9 cm³/mol. The topological polar surface area (TPSA) is 55.1 Å². The third-order valence-electron chi connectivity index (χ3n) is 1.77. The number of benzene rings is 1. The van der Waals surface area contributed by atoms with Crippen molar-refractivity contribution in [3.05, 3.63) is 47.8 Å². The predicted octanol–water partition coefficient (Wildman–Crippen LogP) is 1.07. The van der Waals surface area contributed by atoms with Gasteiger partial charge in [-0.05, 0) is 18.2 Å². The Labute approximate surface area is 87.8 Å². The van der Waals surface area contributed by atoms with E-state index in [0.29, 0.717) is 18.7 Å². The van der Waals surface area contributed by atoms with Crippen LogP contribution in [-0.4, -0.2) is 19.0 Å². The maximum Gasteiger partial charge on any atom is 0.251 e. The Bertz CT molecular complexity index is 363. The summed E-state index contributed by atoms with van der Waals surface area (Å²) in [5.41, 5.74) is 5.54. The minimum Gasteiger partial charge on any atom is -0.349 e. The molecule has 0 saturated carbocycles. The molecular weight excluding hydrogens is 195 g/mol. The van der Waals surface area contributed by atoms with E-state index in [9.17, 15) is 9.18 Å². The Balaban J connectivity index is 2.50. The normalized spacial score (nSPS) is 10.5. The van der Waals surface area contributed by atoms with Crippen LogP contribution >= 0.6 is 0 Å². The molecule has 1 aromatic rings. The number of carbonyl (C=O) groups excluding carboxylic acids is 1. The van der Waals surface area contributed by atoms with Crippen LogP contribution in [0.5, 0.6) is 0 Å². The molecule has 3 N–H and O–H groups in total. The number of nitrogens with one attached hydrogen (secondary N) is 1. The summed E-state index contributed by atoms with van der Waals surface area (Å²) in [6, 6.07) is 5.55. The summed E-state index contributed by atoms with van der Waals surface area (Å²) >= 11 is 0. The zero-order valence-electron chi connectivity index (χ0n) is 8.24. The number of nitrogens with two attached hydrogens (primary N) is 1. The molecule has 0 atom stereocenters. The van der Waals surface area contributed by atoms with E-state index in [1.807, 2.05) is 0 Å². The van der Waals surface area contributed by atoms with Gasteiger partial charge in [-0.1, -0.05) is 18.2 Å². The zero-order chi connectivity index (χ0) is 11.1. The van der Waals surface area contributed by atoms with Gasteiger partial charge < -0.3 is 11.1 Å². The van der Waals surface area contributed by atoms with Crippen molar-refractivity contribution >= 4 is 5.91 Å². The minimum atomic E-state index is -0.417. The smallest absolute Gasteiger partial charge is 0.251 e. The van der Waals surface area contributed by atoms with Crippen LogP contribution in [0.25, 0.3) is 0 Å². The van der Waals surface area contributed by atoms with Gasteiger partial charge >= 0.3 is 0 Å². The molecule has 0 saturated heterocycles. The van der Waals surface area contributed by atoms with Crippen LogP contribution in [0.1, 0.15) is 10.4 Å². The van der Waals surface area contributed by atoms with Crippen molar-refractivity contribution in [3.8, 4) is 0 Å². The number of hydrogen-bond acceptors (Lipinski definition) is 2. The average molecular weight is 208 g/mol. The minimum absolute atomic E-state index is 0.295. The maximum absolute atomic E-state index is 12.8. The molecule has 0 heterocycles. The monoisotopic (exact) mass is 208 g/mol. The Hall–Kier alpha value is -1.68. The first-order valence-electron chi connectivity index (χ1n) is 4.63. The number of halogens is 1. The highest BCUT2D eigenvalue weighted by molar-refractivity contribution is 5.94. The Morgan fingerprint density at radius 2 is 2.27 bits per heavy atom. The standard InChI is InChI=1S/C11H13FN2O/c12-10-5-3-4-9(8-10)11(15)14-7-2-1-6-13/h1-5,8H,6-7,13H2,(H,14,15)/b2-1+. The summed E-state index contributed by atoms with van der Waals surface area (Å²) in [5.74, 6) is -0.712. The van der Waals surface area contributed by atoms with Gasteiger partial charge in [0.05, 0.1) is 0 Å². The Morgan fingerprint density at radius 1 is 1.47 bits per heavy atom. The van der Waals surface area contributed by atoms with Crippen molar-refractivity contribution < 1.29 is 9.18 Å². The second-order valence-electron chi connectivity index (χ2n) is 2.93. The third-order valence-corrected chi connectivity index (χ3v) is 1.77. The molecular formula is C11H13FN2O. The fraction of sp³-hybridized carbons (Fsp3) is 0.182. The van der Waals surface area contributed by atoms with Gasteiger partial charge in [0.2, 0.25) is 0 Å². The highest BCUT2D eigenvalue weighted by Gasteiger charge is 2.03. The first kappa shape index (κ1) is 11.4. The van der Waals surface area contributed by atoms with E-state index in [0.717, 1.165) is 0 Å². The van der Waals surface area contributed by atoms with Crippen molar-refractivity contribution in [1.29, 1.82) is 0 Å². The van der Waals surface area contributed by atoms with E-state index >= 15 is 0 Å². The molecule has 0 aliphatic heterocycles. The van der Waals surface area contributed by atoms with Gasteiger partial charge in [-0.25, -0.2) is 4.39 Å². The van der Waals surface area contributed by atoms with E-state index in [1.54, 1.807) is 18.2 Å². The molecule has 1 amide bonds.